The molecule has 172 valence electrons. The Kier molecular flexibility index (Phi) is 12.3. The van der Waals surface area contributed by atoms with Gasteiger partial charge in [-0.25, -0.2) is 4.79 Å². The van der Waals surface area contributed by atoms with Crippen molar-refractivity contribution in [2.24, 2.45) is 11.5 Å². The molecule has 0 aromatic heterocycles. The van der Waals surface area contributed by atoms with Crippen molar-refractivity contribution >= 4 is 36.3 Å². The minimum absolute atomic E-state index is 0.00586. The average molecular weight is 454 g/mol. The third-order valence-electron chi connectivity index (χ3n) is 4.50. The number of thiol groups is 1. The van der Waals surface area contributed by atoms with Crippen LogP contribution < -0.4 is 27.4 Å². The topological polar surface area (TPSA) is 177 Å². The first kappa shape index (κ1) is 26.4. The molecule has 0 bridgehead atoms. The van der Waals surface area contributed by atoms with Crippen molar-refractivity contribution in [3.8, 4) is 0 Å². The fraction of sp³-hybridized carbons (Fsp3) is 0.500. The van der Waals surface area contributed by atoms with Gasteiger partial charge in [-0.3, -0.25) is 14.4 Å². The molecule has 0 saturated heterocycles. The van der Waals surface area contributed by atoms with Crippen LogP contribution in [0.5, 0.6) is 0 Å². The highest BCUT2D eigenvalue weighted by molar-refractivity contribution is 7.80. The van der Waals surface area contributed by atoms with Crippen LogP contribution in [-0.4, -0.2) is 65.8 Å². The molecule has 1 rings (SSSR count). The summed E-state index contributed by atoms with van der Waals surface area (Å²) in [6.07, 6.45) is 1.53. The van der Waals surface area contributed by atoms with E-state index in [9.17, 15) is 24.3 Å². The molecule has 3 atom stereocenters. The molecule has 0 aliphatic carbocycles. The largest absolute Gasteiger partial charge is 0.480 e. The van der Waals surface area contributed by atoms with Crippen LogP contribution in [0.15, 0.2) is 30.3 Å². The Hall–Kier alpha value is -2.63. The van der Waals surface area contributed by atoms with Crippen LogP contribution in [0.4, 0.5) is 0 Å². The highest BCUT2D eigenvalue weighted by Crippen LogP contribution is 2.07. The predicted octanol–water partition coefficient (Wildman–Crippen LogP) is -1.21. The fourth-order valence-corrected chi connectivity index (χ4v) is 3.06. The number of rotatable bonds is 14. The highest BCUT2D eigenvalue weighted by Gasteiger charge is 2.29. The maximum absolute atomic E-state index is 12.9. The second-order valence-electron chi connectivity index (χ2n) is 6.94. The molecule has 1 aromatic rings. The molecule has 11 heteroatoms. The number of hydrogen-bond donors (Lipinski definition) is 7. The predicted molar refractivity (Wildman–Crippen MR) is 119 cm³/mol. The SMILES string of the molecule is NCCCCC(NC(=O)C(Cc1ccccc1)NC(=O)C(CS)NC(=O)CN)C(=O)O. The molecule has 0 saturated carbocycles. The zero-order valence-corrected chi connectivity index (χ0v) is 18.1. The highest BCUT2D eigenvalue weighted by atomic mass is 32.1. The molecule has 0 aliphatic heterocycles. The lowest BCUT2D eigenvalue weighted by atomic mass is 10.0. The van der Waals surface area contributed by atoms with Gasteiger partial charge in [-0.1, -0.05) is 30.3 Å². The van der Waals surface area contributed by atoms with Crippen LogP contribution in [0.1, 0.15) is 24.8 Å². The molecular weight excluding hydrogens is 422 g/mol. The quantitative estimate of drug-likeness (QED) is 0.136. The number of amides is 3. The lowest BCUT2D eigenvalue weighted by molar-refractivity contribution is -0.142. The Balaban J connectivity index is 2.96. The van der Waals surface area contributed by atoms with Crippen molar-refractivity contribution in [1.82, 2.24) is 16.0 Å². The van der Waals surface area contributed by atoms with Gasteiger partial charge in [-0.15, -0.1) is 0 Å². The number of benzene rings is 1. The van der Waals surface area contributed by atoms with Gasteiger partial charge in [-0.05, 0) is 31.4 Å². The van der Waals surface area contributed by atoms with Gasteiger partial charge in [0.1, 0.15) is 18.1 Å². The number of carbonyl (C=O) groups is 4. The van der Waals surface area contributed by atoms with E-state index in [-0.39, 0.29) is 25.1 Å². The van der Waals surface area contributed by atoms with E-state index >= 15 is 0 Å². The Labute approximate surface area is 186 Å². The van der Waals surface area contributed by atoms with Gasteiger partial charge in [-0.2, -0.15) is 12.6 Å². The lowest BCUT2D eigenvalue weighted by Gasteiger charge is -2.24. The summed E-state index contributed by atoms with van der Waals surface area (Å²) >= 11 is 4.07. The Morgan fingerprint density at radius 2 is 1.52 bits per heavy atom. The minimum atomic E-state index is -1.17. The molecule has 0 spiro atoms. The van der Waals surface area contributed by atoms with E-state index in [1.165, 1.54) is 0 Å². The van der Waals surface area contributed by atoms with Crippen LogP contribution in [0, 0.1) is 0 Å². The summed E-state index contributed by atoms with van der Waals surface area (Å²) in [5, 5.41) is 16.9. The van der Waals surface area contributed by atoms with Crippen molar-refractivity contribution in [1.29, 1.82) is 0 Å². The first-order chi connectivity index (χ1) is 14.8. The molecular formula is C20H31N5O5S. The average Bonchev–Trinajstić information content (AvgIpc) is 2.76. The Morgan fingerprint density at radius 1 is 0.903 bits per heavy atom. The van der Waals surface area contributed by atoms with E-state index in [1.807, 2.05) is 6.07 Å². The van der Waals surface area contributed by atoms with Gasteiger partial charge in [0.25, 0.3) is 0 Å². The number of hydrogen-bond acceptors (Lipinski definition) is 7. The second-order valence-corrected chi connectivity index (χ2v) is 7.31. The summed E-state index contributed by atoms with van der Waals surface area (Å²) in [6.45, 7) is 0.126. The first-order valence-electron chi connectivity index (χ1n) is 10.00. The molecule has 1 aromatic carbocycles. The summed E-state index contributed by atoms with van der Waals surface area (Å²) in [5.41, 5.74) is 11.5. The smallest absolute Gasteiger partial charge is 0.326 e. The van der Waals surface area contributed by atoms with E-state index in [4.69, 9.17) is 11.5 Å². The van der Waals surface area contributed by atoms with E-state index < -0.39 is 41.8 Å². The molecule has 0 fully saturated rings. The summed E-state index contributed by atoms with van der Waals surface area (Å²) in [6, 6.07) is 5.81. The normalized spacial score (nSPS) is 13.5. The van der Waals surface area contributed by atoms with E-state index in [0.29, 0.717) is 19.4 Å². The molecule has 0 heterocycles. The number of nitrogens with one attached hydrogen (secondary N) is 3. The van der Waals surface area contributed by atoms with Crippen molar-refractivity contribution < 1.29 is 24.3 Å². The van der Waals surface area contributed by atoms with Crippen molar-refractivity contribution in [2.75, 3.05) is 18.8 Å². The third kappa shape index (κ3) is 9.81. The van der Waals surface area contributed by atoms with Crippen molar-refractivity contribution in [2.45, 2.75) is 43.8 Å². The van der Waals surface area contributed by atoms with Gasteiger partial charge in [0.15, 0.2) is 0 Å². The summed E-state index contributed by atoms with van der Waals surface area (Å²) in [7, 11) is 0. The van der Waals surface area contributed by atoms with Crippen LogP contribution in [0.3, 0.4) is 0 Å². The Morgan fingerprint density at radius 3 is 2.06 bits per heavy atom. The number of aliphatic carboxylic acids is 1. The summed E-state index contributed by atoms with van der Waals surface area (Å²) in [4.78, 5) is 48.6. The maximum atomic E-state index is 12.9. The van der Waals surface area contributed by atoms with Gasteiger partial charge < -0.3 is 32.5 Å². The fourth-order valence-electron chi connectivity index (χ4n) is 2.80. The zero-order valence-electron chi connectivity index (χ0n) is 17.3. The monoisotopic (exact) mass is 453 g/mol. The Bertz CT molecular complexity index is 734. The van der Waals surface area contributed by atoms with Crippen LogP contribution >= 0.6 is 12.6 Å². The van der Waals surface area contributed by atoms with E-state index in [0.717, 1.165) is 5.56 Å². The number of carboxylic acid groups (broad SMARTS) is 1. The zero-order chi connectivity index (χ0) is 23.2. The van der Waals surface area contributed by atoms with Crippen LogP contribution in [-0.2, 0) is 25.6 Å². The van der Waals surface area contributed by atoms with Gasteiger partial charge in [0, 0.05) is 12.2 Å². The molecule has 0 aliphatic rings. The lowest BCUT2D eigenvalue weighted by Crippen LogP contribution is -2.57. The standard InChI is InChI=1S/C20H31N5O5S/c21-9-5-4-8-14(20(29)30)24-18(27)15(10-13-6-2-1-3-7-13)25-19(28)16(12-31)23-17(26)11-22/h1-3,6-7,14-16,31H,4-5,8-12,21-22H2,(H,23,26)(H,24,27)(H,25,28)(H,29,30). The molecule has 3 unspecified atom stereocenters. The van der Waals surface area contributed by atoms with Gasteiger partial charge >= 0.3 is 5.97 Å². The van der Waals surface area contributed by atoms with Crippen molar-refractivity contribution in [3.05, 3.63) is 35.9 Å². The van der Waals surface area contributed by atoms with Crippen molar-refractivity contribution in [3.63, 3.8) is 0 Å². The van der Waals surface area contributed by atoms with Crippen LogP contribution in [0.2, 0.25) is 0 Å². The number of carbonyl (C=O) groups excluding carboxylic acids is 3. The first-order valence-corrected chi connectivity index (χ1v) is 10.6. The summed E-state index contributed by atoms with van der Waals surface area (Å²) in [5.74, 6) is -2.97. The van der Waals surface area contributed by atoms with Gasteiger partial charge in [0.05, 0.1) is 6.54 Å². The molecule has 8 N–H and O–H groups in total. The minimum Gasteiger partial charge on any atom is -0.480 e. The molecule has 31 heavy (non-hydrogen) atoms. The van der Waals surface area contributed by atoms with E-state index in [1.54, 1.807) is 24.3 Å². The molecule has 10 nitrogen and oxygen atoms in total. The maximum Gasteiger partial charge on any atom is 0.326 e. The number of nitrogens with two attached hydrogens (primary N) is 2. The number of unbranched alkanes of at least 4 members (excludes halogenated alkanes) is 1. The summed E-state index contributed by atoms with van der Waals surface area (Å²) < 4.78 is 0. The van der Waals surface area contributed by atoms with E-state index in [2.05, 4.69) is 28.6 Å². The number of carboxylic acids is 1. The van der Waals surface area contributed by atoms with Gasteiger partial charge in [0.2, 0.25) is 17.7 Å². The molecule has 3 amide bonds. The third-order valence-corrected chi connectivity index (χ3v) is 4.86. The molecule has 0 radical (unpaired) electrons. The second kappa shape index (κ2) is 14.4. The van der Waals surface area contributed by atoms with Crippen LogP contribution in [0.25, 0.3) is 0 Å².